The summed E-state index contributed by atoms with van der Waals surface area (Å²) in [6.45, 7) is 0. The minimum absolute atomic E-state index is 0.00148. The van der Waals surface area contributed by atoms with Crippen LogP contribution >= 0.6 is 0 Å². The van der Waals surface area contributed by atoms with E-state index in [4.69, 9.17) is 10.9 Å². The summed E-state index contributed by atoms with van der Waals surface area (Å²) in [7, 11) is -1.44. The predicted octanol–water partition coefficient (Wildman–Crippen LogP) is 0.329. The van der Waals surface area contributed by atoms with E-state index >= 15 is 0 Å². The molecule has 2 fully saturated rings. The zero-order valence-electron chi connectivity index (χ0n) is 12.3. The molecule has 0 spiro atoms. The molecule has 120 valence electrons. The number of amides is 1. The van der Waals surface area contributed by atoms with Gasteiger partial charge in [0.1, 0.15) is 5.41 Å². The zero-order valence-corrected chi connectivity index (χ0v) is 13.1. The summed E-state index contributed by atoms with van der Waals surface area (Å²) in [6, 6.07) is -0.312. The second-order valence-corrected chi connectivity index (χ2v) is 8.33. The SMILES string of the molecule is CN(C(=O)C1(C(N)=NO)CCCCC1)C1CCS(=O)(=O)C1. The molecular formula is C13H23N3O4S. The van der Waals surface area contributed by atoms with Crippen molar-refractivity contribution < 1.29 is 18.4 Å². The van der Waals surface area contributed by atoms with E-state index in [1.54, 1.807) is 7.05 Å². The fourth-order valence-corrected chi connectivity index (χ4v) is 5.19. The standard InChI is InChI=1S/C13H23N3O4S/c1-16(10-5-8-21(19,20)9-10)12(17)13(11(14)15-18)6-3-2-4-7-13/h10,18H,2-9H2,1H3,(H2,14,15). The first kappa shape index (κ1) is 16.1. The van der Waals surface area contributed by atoms with Crippen LogP contribution in [-0.4, -0.2) is 54.9 Å². The molecule has 21 heavy (non-hydrogen) atoms. The van der Waals surface area contributed by atoms with Crippen molar-refractivity contribution in [2.24, 2.45) is 16.3 Å². The van der Waals surface area contributed by atoms with Gasteiger partial charge in [-0.25, -0.2) is 8.42 Å². The summed E-state index contributed by atoms with van der Waals surface area (Å²) < 4.78 is 23.2. The highest BCUT2D eigenvalue weighted by atomic mass is 32.2. The molecule has 1 amide bonds. The Morgan fingerprint density at radius 3 is 2.43 bits per heavy atom. The molecular weight excluding hydrogens is 294 g/mol. The quantitative estimate of drug-likeness (QED) is 0.337. The summed E-state index contributed by atoms with van der Waals surface area (Å²) in [5.41, 5.74) is 4.83. The molecule has 8 heteroatoms. The number of hydrogen-bond acceptors (Lipinski definition) is 5. The van der Waals surface area contributed by atoms with Gasteiger partial charge in [-0.2, -0.15) is 0 Å². The van der Waals surface area contributed by atoms with Gasteiger partial charge in [0.2, 0.25) is 5.91 Å². The van der Waals surface area contributed by atoms with E-state index in [1.807, 2.05) is 0 Å². The van der Waals surface area contributed by atoms with Crippen molar-refractivity contribution in [2.45, 2.75) is 44.6 Å². The number of amidine groups is 1. The van der Waals surface area contributed by atoms with Crippen LogP contribution in [0.3, 0.4) is 0 Å². The lowest BCUT2D eigenvalue weighted by atomic mass is 9.72. The van der Waals surface area contributed by atoms with Gasteiger partial charge in [0.25, 0.3) is 0 Å². The molecule has 7 nitrogen and oxygen atoms in total. The largest absolute Gasteiger partial charge is 0.409 e. The maximum absolute atomic E-state index is 12.9. The Morgan fingerprint density at radius 2 is 1.95 bits per heavy atom. The predicted molar refractivity (Wildman–Crippen MR) is 78.8 cm³/mol. The van der Waals surface area contributed by atoms with Crippen LogP contribution in [0, 0.1) is 5.41 Å². The minimum Gasteiger partial charge on any atom is -0.409 e. The number of rotatable bonds is 3. The number of hydrogen-bond donors (Lipinski definition) is 2. The average molecular weight is 317 g/mol. The number of nitrogens with zero attached hydrogens (tertiary/aromatic N) is 2. The Balaban J connectivity index is 2.22. The summed E-state index contributed by atoms with van der Waals surface area (Å²) in [5, 5.41) is 12.1. The van der Waals surface area contributed by atoms with Crippen molar-refractivity contribution in [2.75, 3.05) is 18.6 Å². The summed E-state index contributed by atoms with van der Waals surface area (Å²) in [6.07, 6.45) is 4.26. The smallest absolute Gasteiger partial charge is 0.236 e. The monoisotopic (exact) mass is 317 g/mol. The Morgan fingerprint density at radius 1 is 1.33 bits per heavy atom. The highest BCUT2D eigenvalue weighted by Crippen LogP contribution is 2.39. The van der Waals surface area contributed by atoms with Gasteiger partial charge in [0, 0.05) is 13.1 Å². The van der Waals surface area contributed by atoms with Gasteiger partial charge in [-0.1, -0.05) is 24.4 Å². The lowest BCUT2D eigenvalue weighted by molar-refractivity contribution is -0.140. The molecule has 1 saturated carbocycles. The first-order chi connectivity index (χ1) is 9.82. The Kier molecular flexibility index (Phi) is 4.46. The second kappa shape index (κ2) is 5.82. The lowest BCUT2D eigenvalue weighted by Gasteiger charge is -2.39. The van der Waals surface area contributed by atoms with E-state index in [0.717, 1.165) is 19.3 Å². The molecule has 1 aliphatic carbocycles. The molecule has 1 unspecified atom stereocenters. The fraction of sp³-hybridized carbons (Fsp3) is 0.846. The highest BCUT2D eigenvalue weighted by Gasteiger charge is 2.47. The van der Waals surface area contributed by atoms with Gasteiger partial charge < -0.3 is 15.8 Å². The lowest BCUT2D eigenvalue weighted by Crippen LogP contribution is -2.54. The van der Waals surface area contributed by atoms with Crippen molar-refractivity contribution in [1.29, 1.82) is 0 Å². The van der Waals surface area contributed by atoms with Crippen molar-refractivity contribution >= 4 is 21.6 Å². The van der Waals surface area contributed by atoms with Crippen molar-refractivity contribution in [3.8, 4) is 0 Å². The van der Waals surface area contributed by atoms with Crippen LogP contribution in [0.25, 0.3) is 0 Å². The van der Waals surface area contributed by atoms with E-state index in [9.17, 15) is 13.2 Å². The Bertz CT molecular complexity index is 538. The molecule has 2 rings (SSSR count). The molecule has 0 aromatic heterocycles. The number of oxime groups is 1. The van der Waals surface area contributed by atoms with Gasteiger partial charge in [0.05, 0.1) is 11.5 Å². The van der Waals surface area contributed by atoms with Gasteiger partial charge in [-0.15, -0.1) is 0 Å². The first-order valence-electron chi connectivity index (χ1n) is 7.28. The Hall–Kier alpha value is -1.31. The second-order valence-electron chi connectivity index (χ2n) is 6.10. The molecule has 1 heterocycles. The topological polar surface area (TPSA) is 113 Å². The van der Waals surface area contributed by atoms with Crippen LogP contribution in [0.4, 0.5) is 0 Å². The first-order valence-corrected chi connectivity index (χ1v) is 9.10. The number of carbonyl (C=O) groups is 1. The molecule has 0 aromatic carbocycles. The van der Waals surface area contributed by atoms with E-state index in [2.05, 4.69) is 5.16 Å². The van der Waals surface area contributed by atoms with Crippen molar-refractivity contribution in [1.82, 2.24) is 4.90 Å². The molecule has 3 N–H and O–H groups in total. The van der Waals surface area contributed by atoms with E-state index < -0.39 is 15.3 Å². The molecule has 2 aliphatic rings. The molecule has 1 atom stereocenters. The maximum Gasteiger partial charge on any atom is 0.236 e. The van der Waals surface area contributed by atoms with Crippen LogP contribution in [-0.2, 0) is 14.6 Å². The third kappa shape index (κ3) is 3.00. The van der Waals surface area contributed by atoms with E-state index in [-0.39, 0.29) is 29.3 Å². The number of sulfone groups is 1. The number of carbonyl (C=O) groups excluding carboxylic acids is 1. The van der Waals surface area contributed by atoms with Crippen LogP contribution in [0.5, 0.6) is 0 Å². The number of nitrogens with two attached hydrogens (primary N) is 1. The summed E-state index contributed by atoms with van der Waals surface area (Å²) in [4.78, 5) is 14.4. The van der Waals surface area contributed by atoms with E-state index in [0.29, 0.717) is 19.3 Å². The van der Waals surface area contributed by atoms with Crippen molar-refractivity contribution in [3.05, 3.63) is 0 Å². The third-order valence-corrected chi connectivity index (χ3v) is 6.54. The van der Waals surface area contributed by atoms with Gasteiger partial charge in [-0.3, -0.25) is 4.79 Å². The highest BCUT2D eigenvalue weighted by molar-refractivity contribution is 7.91. The molecule has 0 radical (unpaired) electrons. The molecule has 1 saturated heterocycles. The molecule has 1 aliphatic heterocycles. The minimum atomic E-state index is -3.06. The van der Waals surface area contributed by atoms with Crippen LogP contribution in [0.15, 0.2) is 5.16 Å². The van der Waals surface area contributed by atoms with Gasteiger partial charge >= 0.3 is 0 Å². The summed E-state index contributed by atoms with van der Waals surface area (Å²) >= 11 is 0. The van der Waals surface area contributed by atoms with Crippen molar-refractivity contribution in [3.63, 3.8) is 0 Å². The maximum atomic E-state index is 12.9. The van der Waals surface area contributed by atoms with Crippen LogP contribution in [0.2, 0.25) is 0 Å². The average Bonchev–Trinajstić information content (AvgIpc) is 2.85. The third-order valence-electron chi connectivity index (χ3n) is 4.79. The van der Waals surface area contributed by atoms with Crippen LogP contribution < -0.4 is 5.73 Å². The van der Waals surface area contributed by atoms with Gasteiger partial charge in [0.15, 0.2) is 15.7 Å². The van der Waals surface area contributed by atoms with Gasteiger partial charge in [-0.05, 0) is 19.3 Å². The summed E-state index contributed by atoms with van der Waals surface area (Å²) in [5.74, 6) is -0.160. The Labute approximate surface area is 125 Å². The van der Waals surface area contributed by atoms with E-state index in [1.165, 1.54) is 4.90 Å². The normalized spacial score (nSPS) is 28.2. The zero-order chi connectivity index (χ0) is 15.7. The van der Waals surface area contributed by atoms with Crippen LogP contribution in [0.1, 0.15) is 38.5 Å². The molecule has 0 bridgehead atoms. The molecule has 0 aromatic rings. The fourth-order valence-electron chi connectivity index (χ4n) is 3.41.